The van der Waals surface area contributed by atoms with Crippen LogP contribution < -0.4 is 21.5 Å². The zero-order valence-electron chi connectivity index (χ0n) is 28.7. The number of H-pyrrole nitrogens is 1. The van der Waals surface area contributed by atoms with E-state index in [4.69, 9.17) is 11.6 Å². The van der Waals surface area contributed by atoms with E-state index in [1.165, 1.54) is 81.0 Å². The van der Waals surface area contributed by atoms with E-state index in [1.807, 2.05) is 42.5 Å². The molecule has 1 aromatic heterocycles. The minimum atomic E-state index is -1.56. The number of para-hydroxylation sites is 1. The second kappa shape index (κ2) is 18.9. The highest BCUT2D eigenvalue weighted by Crippen LogP contribution is 2.28. The Bertz CT molecular complexity index is 1690. The SMILES string of the molecule is CCCCCCCCCCCCc1ccc(CC(=O)NC(C)(CNc2ccc(Nc3cc(=O)n(-c4ccccc4)[nH]3)c(Cl)c2)C(=O)O)cc1. The zero-order valence-corrected chi connectivity index (χ0v) is 29.5. The predicted molar refractivity (Wildman–Crippen MR) is 199 cm³/mol. The number of benzene rings is 3. The first-order valence-electron chi connectivity index (χ1n) is 17.5. The number of aromatic nitrogens is 2. The molecule has 0 aliphatic heterocycles. The summed E-state index contributed by atoms with van der Waals surface area (Å²) >= 11 is 6.53. The van der Waals surface area contributed by atoms with E-state index in [1.54, 1.807) is 18.2 Å². The van der Waals surface area contributed by atoms with Crippen LogP contribution in [-0.4, -0.2) is 38.8 Å². The van der Waals surface area contributed by atoms with Gasteiger partial charge in [-0.3, -0.25) is 14.7 Å². The summed E-state index contributed by atoms with van der Waals surface area (Å²) in [5.41, 5.74) is 2.13. The standard InChI is InChI=1S/C39H50ClN5O4/c1-3-4-5-6-7-8-9-10-11-13-16-29-19-21-30(22-20-29)25-36(46)43-39(2,38(48)49)28-41-31-23-24-34(33(40)26-31)42-35-27-37(47)45(44-35)32-17-14-12-15-18-32/h12,14-15,17-24,26-27,41-42,44H,3-11,13,16,25,28H2,1-2H3,(H,43,46)(H,48,49). The summed E-state index contributed by atoms with van der Waals surface area (Å²) in [5.74, 6) is -1.07. The minimum Gasteiger partial charge on any atom is -0.479 e. The van der Waals surface area contributed by atoms with Gasteiger partial charge in [-0.2, -0.15) is 0 Å². The van der Waals surface area contributed by atoms with Crippen LogP contribution in [0.2, 0.25) is 5.02 Å². The molecule has 5 N–H and O–H groups in total. The lowest BCUT2D eigenvalue weighted by Crippen LogP contribution is -2.57. The molecule has 1 amide bonds. The van der Waals surface area contributed by atoms with Gasteiger partial charge in [-0.1, -0.05) is 119 Å². The molecule has 1 atom stereocenters. The first-order chi connectivity index (χ1) is 23.7. The number of carbonyl (C=O) groups is 2. The maximum Gasteiger partial charge on any atom is 0.330 e. The average Bonchev–Trinajstić information content (AvgIpc) is 3.46. The molecule has 262 valence electrons. The fourth-order valence-corrected chi connectivity index (χ4v) is 5.96. The number of anilines is 3. The van der Waals surface area contributed by atoms with Gasteiger partial charge in [0.15, 0.2) is 5.54 Å². The molecular weight excluding hydrogens is 638 g/mol. The molecule has 0 spiro atoms. The highest BCUT2D eigenvalue weighted by Gasteiger charge is 2.34. The van der Waals surface area contributed by atoms with Gasteiger partial charge in [-0.25, -0.2) is 9.48 Å². The fourth-order valence-electron chi connectivity index (χ4n) is 5.73. The smallest absolute Gasteiger partial charge is 0.330 e. The number of nitrogens with one attached hydrogen (secondary N) is 4. The first kappa shape index (κ1) is 37.3. The van der Waals surface area contributed by atoms with Gasteiger partial charge in [0.25, 0.3) is 5.56 Å². The van der Waals surface area contributed by atoms with Crippen molar-refractivity contribution in [3.05, 3.63) is 105 Å². The third-order valence-electron chi connectivity index (χ3n) is 8.71. The van der Waals surface area contributed by atoms with E-state index >= 15 is 0 Å². The van der Waals surface area contributed by atoms with Crippen LogP contribution in [0.15, 0.2) is 83.7 Å². The summed E-state index contributed by atoms with van der Waals surface area (Å²) in [6.45, 7) is 3.66. The molecule has 0 bridgehead atoms. The van der Waals surface area contributed by atoms with Crippen LogP contribution in [0.25, 0.3) is 5.69 Å². The summed E-state index contributed by atoms with van der Waals surface area (Å²) in [7, 11) is 0. The van der Waals surface area contributed by atoms with Crippen molar-refractivity contribution in [2.24, 2.45) is 0 Å². The average molecular weight is 688 g/mol. The van der Waals surface area contributed by atoms with Gasteiger partial charge in [-0.15, -0.1) is 0 Å². The van der Waals surface area contributed by atoms with Crippen molar-refractivity contribution in [3.8, 4) is 5.69 Å². The lowest BCUT2D eigenvalue weighted by Gasteiger charge is -2.27. The van der Waals surface area contributed by atoms with Crippen LogP contribution in [0.1, 0.15) is 89.2 Å². The zero-order chi connectivity index (χ0) is 35.1. The molecule has 10 heteroatoms. The number of amides is 1. The Morgan fingerprint density at radius 1 is 0.837 bits per heavy atom. The number of carboxylic acids is 1. The molecule has 9 nitrogen and oxygen atoms in total. The molecule has 0 saturated heterocycles. The summed E-state index contributed by atoms with van der Waals surface area (Å²) in [6.07, 6.45) is 14.2. The van der Waals surface area contributed by atoms with Crippen molar-refractivity contribution in [2.45, 2.75) is 96.4 Å². The predicted octanol–water partition coefficient (Wildman–Crippen LogP) is 8.64. The molecule has 49 heavy (non-hydrogen) atoms. The number of hydrogen-bond donors (Lipinski definition) is 5. The van der Waals surface area contributed by atoms with E-state index in [-0.39, 0.29) is 24.4 Å². The van der Waals surface area contributed by atoms with Crippen molar-refractivity contribution in [2.75, 3.05) is 17.2 Å². The second-order valence-electron chi connectivity index (χ2n) is 13.0. The molecule has 0 aliphatic carbocycles. The Hall–Kier alpha value is -4.50. The van der Waals surface area contributed by atoms with Crippen LogP contribution >= 0.6 is 11.6 Å². The third kappa shape index (κ3) is 11.9. The van der Waals surface area contributed by atoms with Gasteiger partial charge >= 0.3 is 5.97 Å². The third-order valence-corrected chi connectivity index (χ3v) is 9.03. The largest absolute Gasteiger partial charge is 0.479 e. The summed E-state index contributed by atoms with van der Waals surface area (Å²) in [4.78, 5) is 37.6. The number of hydrogen-bond acceptors (Lipinski definition) is 5. The van der Waals surface area contributed by atoms with Gasteiger partial charge in [0.2, 0.25) is 5.91 Å². The van der Waals surface area contributed by atoms with E-state index in [2.05, 4.69) is 40.1 Å². The Morgan fingerprint density at radius 3 is 2.10 bits per heavy atom. The van der Waals surface area contributed by atoms with Crippen molar-refractivity contribution >= 4 is 40.7 Å². The molecule has 4 aromatic rings. The van der Waals surface area contributed by atoms with Gasteiger partial charge in [0.1, 0.15) is 5.82 Å². The number of rotatable bonds is 21. The molecule has 0 aliphatic rings. The number of aryl methyl sites for hydroxylation is 1. The topological polar surface area (TPSA) is 128 Å². The van der Waals surface area contributed by atoms with E-state index in [0.29, 0.717) is 27.9 Å². The molecular formula is C39H50ClN5O4. The van der Waals surface area contributed by atoms with Crippen molar-refractivity contribution in [1.82, 2.24) is 15.1 Å². The summed E-state index contributed by atoms with van der Waals surface area (Å²) in [6, 6.07) is 23.8. The van der Waals surface area contributed by atoms with Crippen LogP contribution in [0.5, 0.6) is 0 Å². The van der Waals surface area contributed by atoms with Gasteiger partial charge in [0.05, 0.1) is 22.8 Å². The van der Waals surface area contributed by atoms with Crippen LogP contribution in [0, 0.1) is 0 Å². The molecule has 1 unspecified atom stereocenters. The summed E-state index contributed by atoms with van der Waals surface area (Å²) in [5, 5.41) is 22.3. The molecule has 3 aromatic carbocycles. The first-order valence-corrected chi connectivity index (χ1v) is 17.8. The number of aliphatic carboxylic acids is 1. The lowest BCUT2D eigenvalue weighted by molar-refractivity contribution is -0.146. The number of carbonyl (C=O) groups excluding carboxylic acids is 1. The lowest BCUT2D eigenvalue weighted by atomic mass is 10.0. The van der Waals surface area contributed by atoms with Crippen LogP contribution in [0.4, 0.5) is 17.2 Å². The van der Waals surface area contributed by atoms with Crippen molar-refractivity contribution in [1.29, 1.82) is 0 Å². The molecule has 0 saturated carbocycles. The van der Waals surface area contributed by atoms with Crippen LogP contribution in [-0.2, 0) is 22.4 Å². The van der Waals surface area contributed by atoms with Gasteiger partial charge < -0.3 is 21.1 Å². The van der Waals surface area contributed by atoms with Crippen molar-refractivity contribution in [3.63, 3.8) is 0 Å². The fraction of sp³-hybridized carbons (Fsp3) is 0.410. The number of halogens is 1. The van der Waals surface area contributed by atoms with E-state index in [9.17, 15) is 19.5 Å². The number of unbranched alkanes of at least 4 members (excludes halogenated alkanes) is 9. The van der Waals surface area contributed by atoms with Crippen LogP contribution in [0.3, 0.4) is 0 Å². The molecule has 0 fully saturated rings. The maximum atomic E-state index is 12.9. The van der Waals surface area contributed by atoms with Gasteiger partial charge in [-0.05, 0) is 61.2 Å². The highest BCUT2D eigenvalue weighted by atomic mass is 35.5. The van der Waals surface area contributed by atoms with E-state index < -0.39 is 11.5 Å². The quantitative estimate of drug-likeness (QED) is 0.0558. The summed E-state index contributed by atoms with van der Waals surface area (Å²) < 4.78 is 1.42. The monoisotopic (exact) mass is 687 g/mol. The number of aromatic amines is 1. The van der Waals surface area contributed by atoms with Crippen molar-refractivity contribution < 1.29 is 14.7 Å². The Morgan fingerprint density at radius 2 is 1.47 bits per heavy atom. The highest BCUT2D eigenvalue weighted by molar-refractivity contribution is 6.33. The second-order valence-corrected chi connectivity index (χ2v) is 13.4. The molecule has 4 rings (SSSR count). The van der Waals surface area contributed by atoms with Gasteiger partial charge in [0, 0.05) is 18.3 Å². The number of carboxylic acid groups (broad SMARTS) is 1. The normalized spacial score (nSPS) is 12.3. The van der Waals surface area contributed by atoms with E-state index in [0.717, 1.165) is 18.4 Å². The molecule has 1 heterocycles. The maximum absolute atomic E-state index is 12.9. The Balaban J connectivity index is 1.22. The minimum absolute atomic E-state index is 0.0672. The molecule has 0 radical (unpaired) electrons. The number of nitrogens with zero attached hydrogens (tertiary/aromatic N) is 1. The Labute approximate surface area is 294 Å². The Kier molecular flexibility index (Phi) is 14.4.